The van der Waals surface area contributed by atoms with Gasteiger partial charge in [-0.15, -0.1) is 0 Å². The molecule has 0 saturated carbocycles. The predicted molar refractivity (Wildman–Crippen MR) is 56.5 cm³/mol. The lowest BCUT2D eigenvalue weighted by Crippen LogP contribution is -2.36. The molecule has 0 bridgehead atoms. The number of anilines is 1. The third-order valence-electron chi connectivity index (χ3n) is 1.89. The molecular weight excluding hydrogens is 234 g/mol. The Balaban J connectivity index is 2.53. The van der Waals surface area contributed by atoms with Crippen molar-refractivity contribution in [1.82, 2.24) is 5.32 Å². The number of aliphatic hydroxyl groups is 2. The van der Waals surface area contributed by atoms with Crippen LogP contribution < -0.4 is 10.6 Å². The fourth-order valence-corrected chi connectivity index (χ4v) is 1.03. The van der Waals surface area contributed by atoms with Crippen LogP contribution >= 0.6 is 0 Å². The van der Waals surface area contributed by atoms with Crippen LogP contribution in [0.2, 0.25) is 0 Å². The first-order valence-corrected chi connectivity index (χ1v) is 4.81. The van der Waals surface area contributed by atoms with Crippen LogP contribution in [0.15, 0.2) is 18.2 Å². The van der Waals surface area contributed by atoms with Crippen LogP contribution in [0.3, 0.4) is 0 Å². The second-order valence-corrected chi connectivity index (χ2v) is 3.30. The Morgan fingerprint density at radius 1 is 1.41 bits per heavy atom. The number of aliphatic hydroxyl groups excluding tert-OH is 2. The third kappa shape index (κ3) is 4.33. The smallest absolute Gasteiger partial charge is 0.319 e. The van der Waals surface area contributed by atoms with Gasteiger partial charge in [-0.3, -0.25) is 0 Å². The van der Waals surface area contributed by atoms with Crippen molar-refractivity contribution in [3.63, 3.8) is 0 Å². The molecule has 1 aromatic carbocycles. The van der Waals surface area contributed by atoms with Crippen molar-refractivity contribution in [1.29, 1.82) is 0 Å². The minimum atomic E-state index is -1.10. The van der Waals surface area contributed by atoms with Gasteiger partial charge < -0.3 is 20.8 Å². The first-order chi connectivity index (χ1) is 8.02. The Morgan fingerprint density at radius 3 is 2.76 bits per heavy atom. The summed E-state index contributed by atoms with van der Waals surface area (Å²) in [6.45, 7) is -0.701. The maximum Gasteiger partial charge on any atom is 0.319 e. The molecule has 94 valence electrons. The Morgan fingerprint density at radius 2 is 2.12 bits per heavy atom. The van der Waals surface area contributed by atoms with Gasteiger partial charge in [-0.1, -0.05) is 0 Å². The molecule has 0 heterocycles. The topological polar surface area (TPSA) is 81.6 Å². The molecule has 1 unspecified atom stereocenters. The molecule has 1 aromatic rings. The highest BCUT2D eigenvalue weighted by atomic mass is 19.1. The van der Waals surface area contributed by atoms with Gasteiger partial charge in [-0.2, -0.15) is 0 Å². The van der Waals surface area contributed by atoms with Crippen molar-refractivity contribution in [3.8, 4) is 0 Å². The van der Waals surface area contributed by atoms with Gasteiger partial charge in [0.15, 0.2) is 0 Å². The normalized spacial score (nSPS) is 12.0. The number of carbonyl (C=O) groups excluding carboxylic acids is 1. The van der Waals surface area contributed by atoms with E-state index < -0.39 is 30.4 Å². The molecular formula is C10H12F2N2O3. The number of hydrogen-bond donors (Lipinski definition) is 4. The van der Waals surface area contributed by atoms with Crippen molar-refractivity contribution >= 4 is 11.7 Å². The monoisotopic (exact) mass is 246 g/mol. The summed E-state index contributed by atoms with van der Waals surface area (Å²) in [7, 11) is 0. The molecule has 2 amide bonds. The fourth-order valence-electron chi connectivity index (χ4n) is 1.03. The van der Waals surface area contributed by atoms with Gasteiger partial charge in [-0.25, -0.2) is 13.6 Å². The maximum absolute atomic E-state index is 13.1. The molecule has 0 aromatic heterocycles. The third-order valence-corrected chi connectivity index (χ3v) is 1.89. The first-order valence-electron chi connectivity index (χ1n) is 4.81. The van der Waals surface area contributed by atoms with Gasteiger partial charge in [0.05, 0.1) is 18.4 Å². The average molecular weight is 246 g/mol. The maximum atomic E-state index is 13.1. The summed E-state index contributed by atoms with van der Waals surface area (Å²) in [6.07, 6.45) is -1.10. The molecule has 0 aliphatic heterocycles. The Hall–Kier alpha value is -1.73. The number of amides is 2. The van der Waals surface area contributed by atoms with Gasteiger partial charge in [-0.05, 0) is 12.1 Å². The van der Waals surface area contributed by atoms with Crippen molar-refractivity contribution in [2.24, 2.45) is 0 Å². The molecule has 1 rings (SSSR count). The SMILES string of the molecule is O=C(NCC(O)CO)Nc1cc(F)ccc1F. The molecule has 0 aliphatic rings. The van der Waals surface area contributed by atoms with E-state index in [1.54, 1.807) is 0 Å². The molecule has 17 heavy (non-hydrogen) atoms. The standard InChI is InChI=1S/C10H12F2N2O3/c11-6-1-2-8(12)9(3-6)14-10(17)13-4-7(16)5-15/h1-3,7,15-16H,4-5H2,(H2,13,14,17). The molecule has 0 radical (unpaired) electrons. The molecule has 0 saturated heterocycles. The summed E-state index contributed by atoms with van der Waals surface area (Å²) in [6, 6.07) is 1.83. The minimum Gasteiger partial charge on any atom is -0.394 e. The highest BCUT2D eigenvalue weighted by Gasteiger charge is 2.09. The Kier molecular flexibility index (Phi) is 4.80. The lowest BCUT2D eigenvalue weighted by Gasteiger charge is -2.10. The van der Waals surface area contributed by atoms with Gasteiger partial charge in [0, 0.05) is 12.6 Å². The molecule has 7 heteroatoms. The van der Waals surface area contributed by atoms with Crippen LogP contribution in [0.25, 0.3) is 0 Å². The average Bonchev–Trinajstić information content (AvgIpc) is 2.30. The van der Waals surface area contributed by atoms with Gasteiger partial charge in [0.2, 0.25) is 0 Å². The number of rotatable bonds is 4. The van der Waals surface area contributed by atoms with Crippen molar-refractivity contribution in [3.05, 3.63) is 29.8 Å². The van der Waals surface area contributed by atoms with Crippen LogP contribution in [0, 0.1) is 11.6 Å². The molecule has 1 atom stereocenters. The van der Waals surface area contributed by atoms with Crippen LogP contribution in [0.5, 0.6) is 0 Å². The lowest BCUT2D eigenvalue weighted by molar-refractivity contribution is 0.0965. The predicted octanol–water partition coefficient (Wildman–Crippen LogP) is 0.439. The van der Waals surface area contributed by atoms with E-state index >= 15 is 0 Å². The summed E-state index contributed by atoms with van der Waals surface area (Å²) in [5.41, 5.74) is -0.305. The van der Waals surface area contributed by atoms with Gasteiger partial charge >= 0.3 is 6.03 Å². The molecule has 4 N–H and O–H groups in total. The second-order valence-electron chi connectivity index (χ2n) is 3.30. The molecule has 0 spiro atoms. The summed E-state index contributed by atoms with van der Waals surface area (Å²) < 4.78 is 25.9. The number of benzene rings is 1. The zero-order valence-electron chi connectivity index (χ0n) is 8.78. The number of carbonyl (C=O) groups is 1. The zero-order valence-corrected chi connectivity index (χ0v) is 8.78. The van der Waals surface area contributed by atoms with Crippen molar-refractivity contribution < 1.29 is 23.8 Å². The van der Waals surface area contributed by atoms with E-state index in [2.05, 4.69) is 10.6 Å². The van der Waals surface area contributed by atoms with Crippen LogP contribution in [0.4, 0.5) is 19.3 Å². The van der Waals surface area contributed by atoms with E-state index in [-0.39, 0.29) is 12.2 Å². The number of hydrogen-bond acceptors (Lipinski definition) is 3. The van der Waals surface area contributed by atoms with Crippen LogP contribution in [0.1, 0.15) is 0 Å². The molecule has 0 fully saturated rings. The first kappa shape index (κ1) is 13.3. The quantitative estimate of drug-likeness (QED) is 0.622. The number of halogens is 2. The summed E-state index contributed by atoms with van der Waals surface area (Å²) in [5, 5.41) is 21.7. The van der Waals surface area contributed by atoms with Crippen molar-refractivity contribution in [2.45, 2.75) is 6.10 Å². The highest BCUT2D eigenvalue weighted by Crippen LogP contribution is 2.14. The van der Waals surface area contributed by atoms with E-state index in [4.69, 9.17) is 10.2 Å². The minimum absolute atomic E-state index is 0.195. The number of urea groups is 1. The van der Waals surface area contributed by atoms with Crippen molar-refractivity contribution in [2.75, 3.05) is 18.5 Å². The molecule has 5 nitrogen and oxygen atoms in total. The van der Waals surface area contributed by atoms with Crippen LogP contribution in [-0.2, 0) is 0 Å². The largest absolute Gasteiger partial charge is 0.394 e. The fraction of sp³-hybridized carbons (Fsp3) is 0.300. The van der Waals surface area contributed by atoms with Gasteiger partial charge in [0.25, 0.3) is 0 Å². The summed E-state index contributed by atoms with van der Waals surface area (Å²) in [4.78, 5) is 11.2. The second kappa shape index (κ2) is 6.12. The van der Waals surface area contributed by atoms with Gasteiger partial charge in [0.1, 0.15) is 11.6 Å². The Labute approximate surface area is 96.1 Å². The molecule has 0 aliphatic carbocycles. The summed E-state index contributed by atoms with van der Waals surface area (Å²) in [5.74, 6) is -1.46. The highest BCUT2D eigenvalue weighted by molar-refractivity contribution is 5.89. The van der Waals surface area contributed by atoms with E-state index in [9.17, 15) is 13.6 Å². The van der Waals surface area contributed by atoms with E-state index in [0.717, 1.165) is 18.2 Å². The summed E-state index contributed by atoms with van der Waals surface area (Å²) >= 11 is 0. The van der Waals surface area contributed by atoms with E-state index in [1.165, 1.54) is 0 Å². The zero-order chi connectivity index (χ0) is 12.8. The Bertz CT molecular complexity index is 401. The van der Waals surface area contributed by atoms with Crippen LogP contribution in [-0.4, -0.2) is 35.5 Å². The van der Waals surface area contributed by atoms with E-state index in [1.807, 2.05) is 0 Å². The van der Waals surface area contributed by atoms with E-state index in [0.29, 0.717) is 0 Å². The lowest BCUT2D eigenvalue weighted by atomic mass is 10.3. The number of nitrogens with one attached hydrogen (secondary N) is 2.